The van der Waals surface area contributed by atoms with Crippen LogP contribution >= 0.6 is 15.6 Å². The quantitative estimate of drug-likeness (QED) is 0.0163. The van der Waals surface area contributed by atoms with Gasteiger partial charge in [0.25, 0.3) is 17.1 Å². The molecule has 2 N–H and O–H groups in total. The van der Waals surface area contributed by atoms with Crippen LogP contribution in [0.5, 0.6) is 17.2 Å². The first-order valence-corrected chi connectivity index (χ1v) is 44.7. The number of nitro benzene ring substituents is 3. The summed E-state index contributed by atoms with van der Waals surface area (Å²) in [5.41, 5.74) is 4.60. The van der Waals surface area contributed by atoms with Crippen LogP contribution in [-0.4, -0.2) is 125 Å². The number of phosphoric ester groups is 2. The van der Waals surface area contributed by atoms with Crippen molar-refractivity contribution in [1.29, 1.82) is 5.26 Å². The molecule has 4 heterocycles. The summed E-state index contributed by atoms with van der Waals surface area (Å²) in [7, 11) is -8.94. The molecule has 1 unspecified atom stereocenters. The number of ether oxygens (including phenoxy) is 7. The predicted octanol–water partition coefficient (Wildman–Crippen LogP) is 21.8. The van der Waals surface area contributed by atoms with Crippen LogP contribution in [0.2, 0.25) is 0 Å². The smallest absolute Gasteiger partial charge is 0.404 e. The molecule has 7 rings (SSSR count). The maximum Gasteiger partial charge on any atom is 0.587 e. The minimum Gasteiger partial charge on any atom is -0.404 e. The van der Waals surface area contributed by atoms with Crippen molar-refractivity contribution in [3.8, 4) is 23.3 Å². The molecule has 2 aromatic heterocycles. The van der Waals surface area contributed by atoms with Gasteiger partial charge in [0.2, 0.25) is 5.60 Å². The SMILES string of the molecule is CCCCCCCCCCCCCCCCCCOC[C@H](COP(=O)(OC[C@H]1O[C@@](C#N)(c2ccc3c(N)ncnn23)[C@@H]2OC(C)(C)O[C@@H]21)Oc1ccc([N+](=O)[O-])cc1)OCC(C)C.CCCCCCCCCCCCCCCCCCOC[C@H](COP(=O)(Oc1ccc([N+](=O)[O-])cc1)Oc1ccc([N+](=O)[O-])cc1)OCC(C)C. The summed E-state index contributed by atoms with van der Waals surface area (Å²) in [6.45, 7) is 17.5. The fourth-order valence-corrected chi connectivity index (χ4v) is 15.8. The molecule has 0 amide bonds. The van der Waals surface area contributed by atoms with Crippen molar-refractivity contribution in [2.75, 3.05) is 65.2 Å². The number of benzene rings is 3. The van der Waals surface area contributed by atoms with Crippen molar-refractivity contribution in [2.24, 2.45) is 11.8 Å². The van der Waals surface area contributed by atoms with Crippen LogP contribution in [0.4, 0.5) is 22.9 Å². The van der Waals surface area contributed by atoms with E-state index < -0.39 is 78.9 Å². The molecule has 7 atom stereocenters. The van der Waals surface area contributed by atoms with Gasteiger partial charge in [-0.15, -0.1) is 0 Å². The minimum atomic E-state index is -4.54. The van der Waals surface area contributed by atoms with Gasteiger partial charge in [-0.25, -0.2) is 18.6 Å². The van der Waals surface area contributed by atoms with Crippen LogP contribution in [0.25, 0.3) is 5.52 Å². The number of aromatic nitrogens is 3. The van der Waals surface area contributed by atoms with Crippen LogP contribution < -0.4 is 19.3 Å². The van der Waals surface area contributed by atoms with Gasteiger partial charge in [0.1, 0.15) is 65.7 Å². The van der Waals surface area contributed by atoms with Gasteiger partial charge < -0.3 is 52.5 Å². The van der Waals surface area contributed by atoms with Crippen LogP contribution in [-0.2, 0) is 61.5 Å². The normalized spacial score (nSPS) is 17.6. The number of anilines is 1. The van der Waals surface area contributed by atoms with E-state index >= 15 is 0 Å². The summed E-state index contributed by atoms with van der Waals surface area (Å²) < 4.78 is 108. The molecule has 2 aliphatic heterocycles. The zero-order chi connectivity index (χ0) is 82.5. The second kappa shape index (κ2) is 52.8. The van der Waals surface area contributed by atoms with Gasteiger partial charge in [0.05, 0.1) is 53.5 Å². The zero-order valence-corrected chi connectivity index (χ0v) is 70.7. The summed E-state index contributed by atoms with van der Waals surface area (Å²) in [6.07, 6.45) is 38.6. The number of nitrogens with two attached hydrogens (primary N) is 1. The van der Waals surface area contributed by atoms with E-state index in [0.29, 0.717) is 37.6 Å². The number of fused-ring (bicyclic) bond motifs is 2. The number of hydrogen-bond donors (Lipinski definition) is 1. The number of hydrogen-bond acceptors (Lipinski definition) is 25. The van der Waals surface area contributed by atoms with E-state index in [1.54, 1.807) is 26.0 Å². The molecule has 114 heavy (non-hydrogen) atoms. The number of nitrogen functional groups attached to an aromatic ring is 1. The number of non-ortho nitro benzene ring substituents is 3. The molecule has 29 nitrogen and oxygen atoms in total. The monoisotopic (exact) mass is 1640 g/mol. The molecule has 2 fully saturated rings. The Morgan fingerprint density at radius 3 is 1.21 bits per heavy atom. The van der Waals surface area contributed by atoms with Gasteiger partial charge in [0.15, 0.2) is 11.6 Å². The van der Waals surface area contributed by atoms with Crippen molar-refractivity contribution in [2.45, 2.75) is 303 Å². The van der Waals surface area contributed by atoms with E-state index in [2.05, 4.69) is 30.0 Å². The maximum absolute atomic E-state index is 14.6. The third-order valence-corrected chi connectivity index (χ3v) is 22.2. The van der Waals surface area contributed by atoms with Crippen molar-refractivity contribution < 1.29 is 84.2 Å². The maximum atomic E-state index is 14.6. The van der Waals surface area contributed by atoms with E-state index in [1.165, 1.54) is 263 Å². The second-order valence-electron chi connectivity index (χ2n) is 30.9. The Kier molecular flexibility index (Phi) is 44.5. The van der Waals surface area contributed by atoms with Gasteiger partial charge in [0, 0.05) is 62.8 Å². The number of phosphoric acid groups is 2. The molecular formula is C83H130N8O21P2. The molecule has 0 spiro atoms. The number of nitro groups is 3. The Morgan fingerprint density at radius 2 is 0.851 bits per heavy atom. The average Bonchev–Trinajstić information content (AvgIpc) is 1.55. The minimum absolute atomic E-state index is 0.00318. The Bertz CT molecular complexity index is 3600. The van der Waals surface area contributed by atoms with Crippen LogP contribution in [0.15, 0.2) is 91.3 Å². The third-order valence-electron chi connectivity index (χ3n) is 19.5. The van der Waals surface area contributed by atoms with Crippen LogP contribution in [0.3, 0.4) is 0 Å². The first-order chi connectivity index (χ1) is 54.9. The zero-order valence-electron chi connectivity index (χ0n) is 68.9. The topological polar surface area (TPSA) is 364 Å². The summed E-state index contributed by atoms with van der Waals surface area (Å²) >= 11 is 0. The standard InChI is InChI=1S/C46H71N6O11P.C37H59N2O10P/c1-6-7-8-9-10-11-12-13-14-15-16-17-18-19-20-21-28-56-30-38(57-29-35(2)3)31-58-64(55,63-37-24-22-36(23-25-37)52(53)54)59-32-40-42-43(62-45(4,5)61-42)46(33-47,60-40)41-27-26-39-44(48)49-34-50-51(39)41;1-4-5-6-7-8-9-10-11-12-13-14-15-16-17-18-19-28-45-30-37(46-29-32(2)3)31-47-50(44,48-35-24-20-33(21-25-35)38(40)41)49-36-26-22-34(23-27-36)39(42)43/h22-27,34-35,38,40,42-43H,6-21,28-32H2,1-5H3,(H2,48,49,50);20-27,32,37H,4-19,28-31H2,1-3H3/t38-,40-,42-,43-,46+,64?;37-/m11/s1. The highest BCUT2D eigenvalue weighted by molar-refractivity contribution is 7.49. The first kappa shape index (κ1) is 96.1. The number of nitriles is 1. The van der Waals surface area contributed by atoms with Gasteiger partial charge in [-0.2, -0.15) is 10.4 Å². The number of nitrogens with zero attached hydrogens (tertiary/aromatic N) is 7. The molecule has 0 saturated carbocycles. The molecule has 638 valence electrons. The fraction of sp³-hybridized carbons (Fsp3) is 0.699. The van der Waals surface area contributed by atoms with E-state index in [1.807, 2.05) is 27.7 Å². The lowest BCUT2D eigenvalue weighted by atomic mass is 9.92. The van der Waals surface area contributed by atoms with E-state index in [-0.39, 0.29) is 78.4 Å². The van der Waals surface area contributed by atoms with Gasteiger partial charge in [-0.3, -0.25) is 43.9 Å². The summed E-state index contributed by atoms with van der Waals surface area (Å²) in [6, 6.07) is 20.6. The van der Waals surface area contributed by atoms with Crippen LogP contribution in [0.1, 0.15) is 267 Å². The highest BCUT2D eigenvalue weighted by Crippen LogP contribution is 2.54. The fourth-order valence-electron chi connectivity index (χ4n) is 13.3. The lowest BCUT2D eigenvalue weighted by Crippen LogP contribution is -2.40. The summed E-state index contributed by atoms with van der Waals surface area (Å²) in [5.74, 6) is -0.450. The summed E-state index contributed by atoms with van der Waals surface area (Å²) in [5, 5.41) is 48.6. The molecule has 2 saturated heterocycles. The Morgan fingerprint density at radius 1 is 0.491 bits per heavy atom. The molecule has 2 aliphatic rings. The van der Waals surface area contributed by atoms with Gasteiger partial charge in [-0.05, 0) is 87.1 Å². The number of rotatable bonds is 63. The third kappa shape index (κ3) is 35.6. The Hall–Kier alpha value is -6.77. The van der Waals surface area contributed by atoms with E-state index in [9.17, 15) is 44.7 Å². The van der Waals surface area contributed by atoms with Crippen molar-refractivity contribution >= 4 is 44.0 Å². The van der Waals surface area contributed by atoms with Crippen LogP contribution in [0, 0.1) is 53.5 Å². The summed E-state index contributed by atoms with van der Waals surface area (Å²) in [4.78, 5) is 35.8. The molecule has 0 radical (unpaired) electrons. The number of unbranched alkanes of at least 4 members (excludes halogenated alkanes) is 30. The van der Waals surface area contributed by atoms with E-state index in [4.69, 9.17) is 66.0 Å². The molecule has 5 aromatic rings. The molecule has 3 aromatic carbocycles. The predicted molar refractivity (Wildman–Crippen MR) is 438 cm³/mol. The van der Waals surface area contributed by atoms with Crippen molar-refractivity contribution in [1.82, 2.24) is 14.6 Å². The second-order valence-corrected chi connectivity index (χ2v) is 34.1. The van der Waals surface area contributed by atoms with Crippen molar-refractivity contribution in [3.63, 3.8) is 0 Å². The molecule has 0 aliphatic carbocycles. The van der Waals surface area contributed by atoms with Gasteiger partial charge >= 0.3 is 15.6 Å². The first-order valence-electron chi connectivity index (χ1n) is 41.8. The van der Waals surface area contributed by atoms with Crippen molar-refractivity contribution in [3.05, 3.63) is 127 Å². The Labute approximate surface area is 675 Å². The van der Waals surface area contributed by atoms with Gasteiger partial charge in [-0.1, -0.05) is 234 Å². The lowest BCUT2D eigenvalue weighted by Gasteiger charge is -2.29. The van der Waals surface area contributed by atoms with E-state index in [0.717, 1.165) is 25.7 Å². The highest BCUT2D eigenvalue weighted by atomic mass is 31.2. The average molecular weight is 1640 g/mol. The lowest BCUT2D eigenvalue weighted by molar-refractivity contribution is -0.385. The largest absolute Gasteiger partial charge is 0.587 e. The molecule has 31 heteroatoms. The molecular weight excluding hydrogens is 1510 g/mol. The Balaban J connectivity index is 0.000000367. The molecule has 0 bridgehead atoms. The highest BCUT2D eigenvalue weighted by Gasteiger charge is 2.66.